The van der Waals surface area contributed by atoms with Crippen molar-refractivity contribution in [3.63, 3.8) is 0 Å². The number of hydrogen-bond acceptors (Lipinski definition) is 6. The van der Waals surface area contributed by atoms with Gasteiger partial charge in [0.25, 0.3) is 0 Å². The summed E-state index contributed by atoms with van der Waals surface area (Å²) in [5.41, 5.74) is 0.784. The van der Waals surface area contributed by atoms with Gasteiger partial charge in [-0.3, -0.25) is 4.79 Å². The Kier molecular flexibility index (Phi) is 7.01. The van der Waals surface area contributed by atoms with Crippen LogP contribution in [0.3, 0.4) is 0 Å². The van der Waals surface area contributed by atoms with Crippen molar-refractivity contribution >= 4 is 14.8 Å². The Morgan fingerprint density at radius 1 is 1.05 bits per heavy atom. The van der Waals surface area contributed by atoms with Crippen LogP contribution in [0.1, 0.15) is 31.4 Å². The van der Waals surface area contributed by atoms with Gasteiger partial charge < -0.3 is 22.8 Å². The van der Waals surface area contributed by atoms with E-state index in [0.717, 1.165) is 12.0 Å². The highest BCUT2D eigenvalue weighted by molar-refractivity contribution is 6.62. The van der Waals surface area contributed by atoms with Crippen molar-refractivity contribution in [2.75, 3.05) is 28.4 Å². The van der Waals surface area contributed by atoms with Crippen molar-refractivity contribution in [2.45, 2.75) is 25.8 Å². The first kappa shape index (κ1) is 18.6. The van der Waals surface area contributed by atoms with Gasteiger partial charge in [-0.2, -0.15) is 0 Å². The molecule has 0 saturated carbocycles. The number of ether oxygens (including phenoxy) is 2. The summed E-state index contributed by atoms with van der Waals surface area (Å²) in [5, 5.41) is 0. The predicted molar refractivity (Wildman–Crippen MR) is 84.1 cm³/mol. The predicted octanol–water partition coefficient (Wildman–Crippen LogP) is 2.53. The van der Waals surface area contributed by atoms with E-state index in [1.165, 1.54) is 6.92 Å². The average Bonchev–Trinajstić information content (AvgIpc) is 2.51. The molecule has 1 atom stereocenters. The largest absolute Gasteiger partial charge is 0.508 e. The lowest BCUT2D eigenvalue weighted by Crippen LogP contribution is -2.49. The molecule has 22 heavy (non-hydrogen) atoms. The van der Waals surface area contributed by atoms with E-state index in [1.54, 1.807) is 40.6 Å². The standard InChI is InChI=1S/C15H24O6Si/c1-7-15(22(18-4,19-5)20-6)12-8-13(17-3)10-14(9-12)21-11(2)16/h8-10,15H,7H2,1-6H3. The number of hydrogen-bond donors (Lipinski definition) is 0. The fraction of sp³-hybridized carbons (Fsp3) is 0.533. The van der Waals surface area contributed by atoms with Crippen molar-refractivity contribution in [1.29, 1.82) is 0 Å². The third kappa shape index (κ3) is 4.07. The van der Waals surface area contributed by atoms with Crippen molar-refractivity contribution in [2.24, 2.45) is 0 Å². The Balaban J connectivity index is 3.33. The molecule has 0 amide bonds. The SMILES string of the molecule is CCC(c1cc(OC)cc(OC(C)=O)c1)[Si](OC)(OC)OC. The molecule has 0 fully saturated rings. The maximum Gasteiger partial charge on any atom is 0.508 e. The van der Waals surface area contributed by atoms with Crippen LogP contribution >= 0.6 is 0 Å². The fourth-order valence-corrected chi connectivity index (χ4v) is 4.93. The summed E-state index contributed by atoms with van der Waals surface area (Å²) >= 11 is 0. The molecule has 0 aromatic heterocycles. The molecule has 0 heterocycles. The molecule has 1 rings (SSSR count). The highest BCUT2D eigenvalue weighted by atomic mass is 28.4. The first-order valence-corrected chi connectivity index (χ1v) is 8.79. The van der Waals surface area contributed by atoms with Crippen LogP contribution in [-0.2, 0) is 18.1 Å². The van der Waals surface area contributed by atoms with Crippen LogP contribution in [-0.4, -0.2) is 43.2 Å². The summed E-state index contributed by atoms with van der Waals surface area (Å²) in [5.74, 6) is 0.630. The minimum atomic E-state index is -2.88. The van der Waals surface area contributed by atoms with E-state index >= 15 is 0 Å². The lowest BCUT2D eigenvalue weighted by Gasteiger charge is -2.32. The zero-order valence-electron chi connectivity index (χ0n) is 14.0. The van der Waals surface area contributed by atoms with Crippen LogP contribution in [0.4, 0.5) is 0 Å². The van der Waals surface area contributed by atoms with Crippen molar-refractivity contribution in [3.05, 3.63) is 23.8 Å². The highest BCUT2D eigenvalue weighted by Crippen LogP contribution is 2.36. The number of methoxy groups -OCH3 is 1. The molecule has 124 valence electrons. The lowest BCUT2D eigenvalue weighted by atomic mass is 10.1. The van der Waals surface area contributed by atoms with Gasteiger partial charge in [0.2, 0.25) is 0 Å². The van der Waals surface area contributed by atoms with Gasteiger partial charge in [-0.25, -0.2) is 0 Å². The molecule has 0 bridgehead atoms. The Morgan fingerprint density at radius 3 is 2.00 bits per heavy atom. The van der Waals surface area contributed by atoms with Gasteiger partial charge >= 0.3 is 14.8 Å². The van der Waals surface area contributed by atoms with Gasteiger partial charge in [-0.1, -0.05) is 6.92 Å². The molecule has 0 radical (unpaired) electrons. The molecule has 1 aromatic carbocycles. The number of carbonyl (C=O) groups is 1. The number of carbonyl (C=O) groups excluding carboxylic acids is 1. The monoisotopic (exact) mass is 328 g/mol. The zero-order valence-corrected chi connectivity index (χ0v) is 15.0. The van der Waals surface area contributed by atoms with Gasteiger partial charge in [0.05, 0.1) is 12.7 Å². The van der Waals surface area contributed by atoms with E-state index in [9.17, 15) is 4.79 Å². The minimum absolute atomic E-state index is 0.100. The maximum absolute atomic E-state index is 11.2. The van der Waals surface area contributed by atoms with Crippen molar-refractivity contribution in [1.82, 2.24) is 0 Å². The summed E-state index contributed by atoms with van der Waals surface area (Å²) in [6.07, 6.45) is 0.744. The van der Waals surface area contributed by atoms with E-state index in [2.05, 4.69) is 0 Å². The molecule has 0 spiro atoms. The topological polar surface area (TPSA) is 63.2 Å². The summed E-state index contributed by atoms with van der Waals surface area (Å²) in [6.45, 7) is 3.38. The Hall–Kier alpha value is -1.41. The Labute approximate surface area is 132 Å². The van der Waals surface area contributed by atoms with Crippen LogP contribution in [0, 0.1) is 0 Å². The smallest absolute Gasteiger partial charge is 0.497 e. The number of rotatable bonds is 8. The lowest BCUT2D eigenvalue weighted by molar-refractivity contribution is -0.131. The average molecular weight is 328 g/mol. The Morgan fingerprint density at radius 2 is 1.59 bits per heavy atom. The second-order valence-corrected chi connectivity index (χ2v) is 7.84. The van der Waals surface area contributed by atoms with Crippen LogP contribution in [0.5, 0.6) is 11.5 Å². The number of esters is 1. The summed E-state index contributed by atoms with van der Waals surface area (Å²) < 4.78 is 27.2. The molecular formula is C15H24O6Si. The molecule has 1 unspecified atom stereocenters. The molecule has 1 aromatic rings. The maximum atomic E-state index is 11.2. The normalized spacial score (nSPS) is 12.8. The second-order valence-electron chi connectivity index (χ2n) is 4.71. The molecule has 0 aliphatic rings. The first-order chi connectivity index (χ1) is 10.5. The Bertz CT molecular complexity index is 493. The van der Waals surface area contributed by atoms with E-state index in [4.69, 9.17) is 22.8 Å². The van der Waals surface area contributed by atoms with Gasteiger partial charge in [0, 0.05) is 34.3 Å². The molecule has 6 nitrogen and oxygen atoms in total. The quantitative estimate of drug-likeness (QED) is 0.415. The van der Waals surface area contributed by atoms with E-state index in [1.807, 2.05) is 13.0 Å². The van der Waals surface area contributed by atoms with E-state index in [-0.39, 0.29) is 11.5 Å². The van der Waals surface area contributed by atoms with Crippen LogP contribution in [0.15, 0.2) is 18.2 Å². The fourth-order valence-electron chi connectivity index (χ4n) is 2.50. The molecule has 0 saturated heterocycles. The van der Waals surface area contributed by atoms with E-state index < -0.39 is 8.80 Å². The van der Waals surface area contributed by atoms with Crippen molar-refractivity contribution in [3.8, 4) is 11.5 Å². The van der Waals surface area contributed by atoms with Crippen molar-refractivity contribution < 1.29 is 27.5 Å². The zero-order chi connectivity index (χ0) is 16.8. The molecular weight excluding hydrogens is 304 g/mol. The summed E-state index contributed by atoms with van der Waals surface area (Å²) in [6, 6.07) is 5.32. The minimum Gasteiger partial charge on any atom is -0.497 e. The van der Waals surface area contributed by atoms with Gasteiger partial charge in [0.1, 0.15) is 11.5 Å². The van der Waals surface area contributed by atoms with Gasteiger partial charge in [0.15, 0.2) is 0 Å². The van der Waals surface area contributed by atoms with Gasteiger partial charge in [-0.15, -0.1) is 0 Å². The van der Waals surface area contributed by atoms with Crippen LogP contribution in [0.2, 0.25) is 0 Å². The first-order valence-electron chi connectivity index (χ1n) is 6.99. The number of benzene rings is 1. The van der Waals surface area contributed by atoms with Crippen LogP contribution in [0.25, 0.3) is 0 Å². The van der Waals surface area contributed by atoms with E-state index in [0.29, 0.717) is 11.5 Å². The van der Waals surface area contributed by atoms with Crippen LogP contribution < -0.4 is 9.47 Å². The molecule has 7 heteroatoms. The third-order valence-electron chi connectivity index (χ3n) is 3.49. The summed E-state index contributed by atoms with van der Waals surface area (Å²) in [7, 11) is 3.41. The third-order valence-corrected chi connectivity index (χ3v) is 6.79. The highest BCUT2D eigenvalue weighted by Gasteiger charge is 2.47. The molecule has 0 aliphatic heterocycles. The van der Waals surface area contributed by atoms with Gasteiger partial charge in [-0.05, 0) is 24.1 Å². The second kappa shape index (κ2) is 8.28. The summed E-state index contributed by atoms with van der Waals surface area (Å²) in [4.78, 5) is 11.2. The molecule has 0 aliphatic carbocycles. The molecule has 0 N–H and O–H groups in total.